The summed E-state index contributed by atoms with van der Waals surface area (Å²) in [4.78, 5) is 16.4. The molecule has 1 heterocycles. The van der Waals surface area contributed by atoms with E-state index < -0.39 is 0 Å². The summed E-state index contributed by atoms with van der Waals surface area (Å²) >= 11 is 0. The lowest BCUT2D eigenvalue weighted by Crippen LogP contribution is -2.31. The average molecular weight is 274 g/mol. The Morgan fingerprint density at radius 3 is 2.95 bits per heavy atom. The molecule has 0 unspecified atom stereocenters. The molecule has 1 atom stereocenters. The van der Waals surface area contributed by atoms with Crippen LogP contribution in [0, 0.1) is 17.7 Å². The van der Waals surface area contributed by atoms with E-state index >= 15 is 0 Å². The highest BCUT2D eigenvalue weighted by Crippen LogP contribution is 2.14. The lowest BCUT2D eigenvalue weighted by atomic mass is 10.0. The van der Waals surface area contributed by atoms with Gasteiger partial charge in [0.1, 0.15) is 11.9 Å². The fourth-order valence-corrected chi connectivity index (χ4v) is 1.90. The van der Waals surface area contributed by atoms with Crippen LogP contribution in [0.1, 0.15) is 18.9 Å². The molecule has 2 rings (SSSR count). The summed E-state index contributed by atoms with van der Waals surface area (Å²) in [5.41, 5.74) is 1.87. The molecule has 1 N–H and O–H groups in total. The zero-order chi connectivity index (χ0) is 14.4. The van der Waals surface area contributed by atoms with Crippen LogP contribution in [-0.2, 0) is 16.1 Å². The van der Waals surface area contributed by atoms with E-state index in [9.17, 15) is 9.18 Å². The third-order valence-electron chi connectivity index (χ3n) is 2.84. The van der Waals surface area contributed by atoms with Crippen LogP contribution >= 0.6 is 0 Å². The van der Waals surface area contributed by atoms with Crippen molar-refractivity contribution in [3.8, 4) is 11.8 Å². The van der Waals surface area contributed by atoms with Crippen LogP contribution in [0.3, 0.4) is 0 Å². The molecule has 104 valence electrons. The number of hydrogen-bond donors (Lipinski definition) is 1. The standard InChI is InChI=1S/C15H15FN2O2/c1-2-3-15(19)17-10-14-9-13(18-20-14)8-11-4-6-12(16)7-5-11/h4-7,14H,8-10H2,1H3,(H,17,19)/t14-/m0/s1. The van der Waals surface area contributed by atoms with Gasteiger partial charge < -0.3 is 10.2 Å². The third kappa shape index (κ3) is 4.09. The van der Waals surface area contributed by atoms with Crippen molar-refractivity contribution >= 4 is 11.6 Å². The maximum absolute atomic E-state index is 12.8. The molecule has 1 aliphatic rings. The van der Waals surface area contributed by atoms with Gasteiger partial charge in [-0.05, 0) is 30.5 Å². The zero-order valence-electron chi connectivity index (χ0n) is 11.1. The number of oxime groups is 1. The Hall–Kier alpha value is -2.35. The second kappa shape index (κ2) is 6.71. The maximum Gasteiger partial charge on any atom is 0.296 e. The van der Waals surface area contributed by atoms with Gasteiger partial charge in [0.15, 0.2) is 0 Å². The van der Waals surface area contributed by atoms with Crippen molar-refractivity contribution in [1.29, 1.82) is 0 Å². The predicted molar refractivity (Wildman–Crippen MR) is 73.5 cm³/mol. The lowest BCUT2D eigenvalue weighted by Gasteiger charge is -2.07. The van der Waals surface area contributed by atoms with E-state index in [4.69, 9.17) is 4.84 Å². The Morgan fingerprint density at radius 1 is 1.50 bits per heavy atom. The highest BCUT2D eigenvalue weighted by molar-refractivity contribution is 5.93. The number of nitrogens with one attached hydrogen (secondary N) is 1. The Kier molecular flexibility index (Phi) is 4.72. The number of nitrogens with zero attached hydrogens (tertiary/aromatic N) is 1. The normalized spacial score (nSPS) is 16.7. The minimum atomic E-state index is -0.317. The Morgan fingerprint density at radius 2 is 2.25 bits per heavy atom. The summed E-state index contributed by atoms with van der Waals surface area (Å²) in [6.45, 7) is 1.99. The van der Waals surface area contributed by atoms with Gasteiger partial charge in [0.2, 0.25) is 0 Å². The highest BCUT2D eigenvalue weighted by Gasteiger charge is 2.21. The molecule has 1 aromatic rings. The summed E-state index contributed by atoms with van der Waals surface area (Å²) < 4.78 is 12.8. The smallest absolute Gasteiger partial charge is 0.296 e. The minimum absolute atomic E-state index is 0.159. The van der Waals surface area contributed by atoms with Crippen LogP contribution in [0.5, 0.6) is 0 Å². The van der Waals surface area contributed by atoms with Crippen molar-refractivity contribution in [2.45, 2.75) is 25.9 Å². The summed E-state index contributed by atoms with van der Waals surface area (Å²) in [5.74, 6) is 4.35. The molecule has 1 aromatic carbocycles. The maximum atomic E-state index is 12.8. The fraction of sp³-hybridized carbons (Fsp3) is 0.333. The Balaban J connectivity index is 1.78. The first-order valence-electron chi connectivity index (χ1n) is 6.34. The molecule has 4 nitrogen and oxygen atoms in total. The van der Waals surface area contributed by atoms with Crippen molar-refractivity contribution in [1.82, 2.24) is 5.32 Å². The van der Waals surface area contributed by atoms with E-state index in [-0.39, 0.29) is 17.8 Å². The summed E-state index contributed by atoms with van der Waals surface area (Å²) in [5, 5.41) is 6.65. The summed E-state index contributed by atoms with van der Waals surface area (Å²) in [6.07, 6.45) is 1.12. The molecule has 0 saturated carbocycles. The van der Waals surface area contributed by atoms with E-state index in [2.05, 4.69) is 22.3 Å². The molecular formula is C15H15FN2O2. The van der Waals surface area contributed by atoms with Gasteiger partial charge in [-0.2, -0.15) is 0 Å². The third-order valence-corrected chi connectivity index (χ3v) is 2.84. The predicted octanol–water partition coefficient (Wildman–Crippen LogP) is 1.65. The second-order valence-corrected chi connectivity index (χ2v) is 4.48. The van der Waals surface area contributed by atoms with E-state index in [1.807, 2.05) is 0 Å². The monoisotopic (exact) mass is 274 g/mol. The van der Waals surface area contributed by atoms with Crippen molar-refractivity contribution in [2.24, 2.45) is 5.16 Å². The van der Waals surface area contributed by atoms with Gasteiger partial charge in [0, 0.05) is 12.8 Å². The number of amides is 1. The fourth-order valence-electron chi connectivity index (χ4n) is 1.90. The van der Waals surface area contributed by atoms with Gasteiger partial charge in [-0.15, -0.1) is 0 Å². The number of carbonyl (C=O) groups is 1. The van der Waals surface area contributed by atoms with E-state index in [1.165, 1.54) is 12.1 Å². The van der Waals surface area contributed by atoms with Crippen molar-refractivity contribution in [3.63, 3.8) is 0 Å². The number of hydrogen-bond acceptors (Lipinski definition) is 3. The van der Waals surface area contributed by atoms with Gasteiger partial charge in [-0.1, -0.05) is 23.2 Å². The second-order valence-electron chi connectivity index (χ2n) is 4.48. The molecule has 0 spiro atoms. The van der Waals surface area contributed by atoms with Gasteiger partial charge >= 0.3 is 0 Å². The molecule has 1 aliphatic heterocycles. The summed E-state index contributed by atoms with van der Waals surface area (Å²) in [6, 6.07) is 6.30. The van der Waals surface area contributed by atoms with Crippen molar-refractivity contribution in [3.05, 3.63) is 35.6 Å². The van der Waals surface area contributed by atoms with Gasteiger partial charge in [-0.3, -0.25) is 4.79 Å². The lowest BCUT2D eigenvalue weighted by molar-refractivity contribution is -0.116. The molecule has 0 radical (unpaired) electrons. The van der Waals surface area contributed by atoms with Gasteiger partial charge in [0.05, 0.1) is 12.3 Å². The first-order chi connectivity index (χ1) is 9.67. The average Bonchev–Trinajstić information content (AvgIpc) is 2.87. The zero-order valence-corrected chi connectivity index (χ0v) is 11.1. The Bertz CT molecular complexity index is 570. The summed E-state index contributed by atoms with van der Waals surface area (Å²) in [7, 11) is 0. The number of halogens is 1. The van der Waals surface area contributed by atoms with Crippen LogP contribution in [0.2, 0.25) is 0 Å². The van der Waals surface area contributed by atoms with E-state index in [0.717, 1.165) is 11.3 Å². The van der Waals surface area contributed by atoms with Gasteiger partial charge in [0.25, 0.3) is 5.91 Å². The van der Waals surface area contributed by atoms with Crippen LogP contribution < -0.4 is 5.32 Å². The van der Waals surface area contributed by atoms with Gasteiger partial charge in [-0.25, -0.2) is 4.39 Å². The van der Waals surface area contributed by atoms with Crippen molar-refractivity contribution < 1.29 is 14.0 Å². The largest absolute Gasteiger partial charge is 0.390 e. The van der Waals surface area contributed by atoms with E-state index in [1.54, 1.807) is 19.1 Å². The molecular weight excluding hydrogens is 259 g/mol. The molecule has 0 fully saturated rings. The van der Waals surface area contributed by atoms with E-state index in [0.29, 0.717) is 19.4 Å². The molecule has 20 heavy (non-hydrogen) atoms. The van der Waals surface area contributed by atoms with Crippen molar-refractivity contribution in [2.75, 3.05) is 6.54 Å². The van der Waals surface area contributed by atoms with Crippen LogP contribution in [0.4, 0.5) is 4.39 Å². The molecule has 0 saturated heterocycles. The topological polar surface area (TPSA) is 50.7 Å². The molecule has 5 heteroatoms. The highest BCUT2D eigenvalue weighted by atomic mass is 19.1. The van der Waals surface area contributed by atoms with Crippen LogP contribution in [0.25, 0.3) is 0 Å². The Labute approximate surface area is 117 Å². The minimum Gasteiger partial charge on any atom is -0.390 e. The molecule has 1 amide bonds. The molecule has 0 aromatic heterocycles. The molecule has 0 bridgehead atoms. The SMILES string of the molecule is CC#CC(=O)NC[C@@H]1CC(Cc2ccc(F)cc2)=NO1. The van der Waals surface area contributed by atoms with Crippen LogP contribution in [-0.4, -0.2) is 24.3 Å². The first-order valence-corrected chi connectivity index (χ1v) is 6.34. The first kappa shape index (κ1) is 14.1. The number of benzene rings is 1. The quantitative estimate of drug-likeness (QED) is 0.849. The number of rotatable bonds is 4. The number of carbonyl (C=O) groups excluding carboxylic acids is 1. The molecule has 0 aliphatic carbocycles. The van der Waals surface area contributed by atoms with Crippen LogP contribution in [0.15, 0.2) is 29.4 Å².